The molecule has 0 heterocycles. The largest absolute Gasteiger partial charge is 3.00 e. The fraction of sp³-hybridized carbons (Fsp3) is 0.300. The van der Waals surface area contributed by atoms with Crippen molar-refractivity contribution < 1.29 is 28.6 Å². The Bertz CT molecular complexity index is 293. The first kappa shape index (κ1) is 17.9. The van der Waals surface area contributed by atoms with E-state index in [1.807, 2.05) is 0 Å². The van der Waals surface area contributed by atoms with Gasteiger partial charge in [-0.05, 0) is 23.2 Å². The molecule has 91 valence electrons. The summed E-state index contributed by atoms with van der Waals surface area (Å²) in [6.07, 6.45) is 0. The van der Waals surface area contributed by atoms with Gasteiger partial charge in [0.15, 0.2) is 0 Å². The second kappa shape index (κ2) is 8.65. The summed E-state index contributed by atoms with van der Waals surface area (Å²) in [4.78, 5) is 8.98. The van der Waals surface area contributed by atoms with Gasteiger partial charge in [0, 0.05) is 0 Å². The van der Waals surface area contributed by atoms with Crippen LogP contribution in [0.5, 0.6) is 0 Å². The molecule has 0 aliphatic heterocycles. The summed E-state index contributed by atoms with van der Waals surface area (Å²) < 4.78 is -0.889. The Morgan fingerprint density at radius 3 is 1.67 bits per heavy atom. The normalized spacial score (nSPS) is 10.5. The molecule has 5 heteroatoms. The summed E-state index contributed by atoms with van der Waals surface area (Å²) in [5.74, 6) is 0. The summed E-state index contributed by atoms with van der Waals surface area (Å²) in [5, 5.41) is 1.54. The molecule has 0 fully saturated rings. The van der Waals surface area contributed by atoms with E-state index in [0.29, 0.717) is 0 Å². The van der Waals surface area contributed by atoms with Gasteiger partial charge in [0.2, 0.25) is 0 Å². The minimum atomic E-state index is -1.03. The standard InChI is InChI=1S/C9H15P.CCl2O.Ru.3H/c1-10(2,3)9-7-5-4-6-8-9;2-1(3)4;;;;/h4-8,10H,1-3H3;;;;;/q;;+3;3*-1. The molecule has 0 saturated heterocycles. The van der Waals surface area contributed by atoms with Gasteiger partial charge >= 0.3 is 87.1 Å². The van der Waals surface area contributed by atoms with E-state index < -0.39 is 12.0 Å². The molecule has 0 aliphatic rings. The second-order valence-electron chi connectivity index (χ2n) is 3.84. The predicted molar refractivity (Wildman–Crippen MR) is 72.6 cm³/mol. The number of benzene rings is 1. The first-order chi connectivity index (χ1) is 6.34. The van der Waals surface area contributed by atoms with Gasteiger partial charge in [0.05, 0.1) is 0 Å². The minimum Gasteiger partial charge on any atom is -1.00 e. The van der Waals surface area contributed by atoms with Crippen LogP contribution in [0.2, 0.25) is 0 Å². The maximum Gasteiger partial charge on any atom is 3.00 e. The van der Waals surface area contributed by atoms with Gasteiger partial charge in [-0.1, -0.05) is 0 Å². The summed E-state index contributed by atoms with van der Waals surface area (Å²) in [6.45, 7) is 7.09. The molecular weight excluding hydrogens is 339 g/mol. The SMILES string of the molecule is C[PH](C)(C)c1ccccc1.O=C(Cl)Cl.[H-].[H-].[H-].[Ru+3]. The Labute approximate surface area is 119 Å². The average Bonchev–Trinajstić information content (AvgIpc) is 2.03. The van der Waals surface area contributed by atoms with Crippen LogP contribution >= 0.6 is 30.5 Å². The molecule has 0 amide bonds. The fourth-order valence-corrected chi connectivity index (χ4v) is 2.13. The monoisotopic (exact) mass is 357 g/mol. The zero-order valence-corrected chi connectivity index (χ0v) is 13.2. The Morgan fingerprint density at radius 2 is 1.47 bits per heavy atom. The van der Waals surface area contributed by atoms with Crippen molar-refractivity contribution in [1.82, 2.24) is 0 Å². The Hall–Kier alpha value is 0.523. The maximum absolute atomic E-state index is 8.98. The zero-order chi connectivity index (χ0) is 11.2. The van der Waals surface area contributed by atoms with E-state index in [1.165, 1.54) is 5.30 Å². The number of halogens is 2. The van der Waals surface area contributed by atoms with Gasteiger partial charge in [0.25, 0.3) is 0 Å². The maximum atomic E-state index is 8.98. The van der Waals surface area contributed by atoms with Crippen LogP contribution in [0.15, 0.2) is 30.3 Å². The molecule has 1 aromatic rings. The molecule has 0 spiro atoms. The van der Waals surface area contributed by atoms with E-state index in [-0.39, 0.29) is 23.8 Å². The molecule has 0 bridgehead atoms. The topological polar surface area (TPSA) is 17.1 Å². The van der Waals surface area contributed by atoms with Gasteiger partial charge in [-0.25, -0.2) is 0 Å². The van der Waals surface area contributed by atoms with Crippen molar-refractivity contribution in [3.63, 3.8) is 0 Å². The molecule has 0 N–H and O–H groups in total. The summed E-state index contributed by atoms with van der Waals surface area (Å²) in [6, 6.07) is 10.8. The van der Waals surface area contributed by atoms with E-state index in [2.05, 4.69) is 73.5 Å². The van der Waals surface area contributed by atoms with Crippen molar-refractivity contribution in [3.8, 4) is 0 Å². The van der Waals surface area contributed by atoms with Crippen molar-refractivity contribution in [3.05, 3.63) is 30.3 Å². The van der Waals surface area contributed by atoms with E-state index in [0.717, 1.165) is 0 Å². The second-order valence-corrected chi connectivity index (χ2v) is 9.80. The van der Waals surface area contributed by atoms with Crippen LogP contribution in [-0.2, 0) is 19.5 Å². The van der Waals surface area contributed by atoms with Crippen LogP contribution in [0.3, 0.4) is 0 Å². The van der Waals surface area contributed by atoms with Crippen LogP contribution in [-0.4, -0.2) is 24.7 Å². The molecule has 15 heavy (non-hydrogen) atoms. The van der Waals surface area contributed by atoms with Crippen LogP contribution < -0.4 is 5.30 Å². The van der Waals surface area contributed by atoms with E-state index in [1.54, 1.807) is 0 Å². The van der Waals surface area contributed by atoms with Crippen LogP contribution in [0.25, 0.3) is 0 Å². The number of hydrogen-bond donors (Lipinski definition) is 0. The molecule has 0 unspecified atom stereocenters. The summed E-state index contributed by atoms with van der Waals surface area (Å²) in [7, 11) is -1.03. The minimum absolute atomic E-state index is 0. The van der Waals surface area contributed by atoms with Gasteiger partial charge in [-0.15, -0.1) is 0 Å². The van der Waals surface area contributed by atoms with Crippen molar-refractivity contribution in [2.75, 3.05) is 20.0 Å². The molecule has 1 rings (SSSR count). The summed E-state index contributed by atoms with van der Waals surface area (Å²) >= 11 is 8.80. The smallest absolute Gasteiger partial charge is 1.00 e. The molecule has 0 atom stereocenters. The van der Waals surface area contributed by atoms with Crippen molar-refractivity contribution >= 4 is 40.5 Å². The first-order valence-corrected chi connectivity index (χ1v) is 8.50. The third-order valence-electron chi connectivity index (χ3n) is 1.64. The van der Waals surface area contributed by atoms with Crippen LogP contribution in [0.1, 0.15) is 4.28 Å². The van der Waals surface area contributed by atoms with Crippen LogP contribution in [0.4, 0.5) is 4.79 Å². The van der Waals surface area contributed by atoms with Gasteiger partial charge in [-0.2, -0.15) is 0 Å². The van der Waals surface area contributed by atoms with Crippen molar-refractivity contribution in [1.29, 1.82) is 0 Å². The predicted octanol–water partition coefficient (Wildman–Crippen LogP) is 3.87. The van der Waals surface area contributed by atoms with Gasteiger partial charge < -0.3 is 4.28 Å². The molecule has 0 aromatic heterocycles. The van der Waals surface area contributed by atoms with Gasteiger partial charge in [0.1, 0.15) is 0 Å². The Morgan fingerprint density at radius 1 is 1.13 bits per heavy atom. The first-order valence-electron chi connectivity index (χ1n) is 4.24. The molecule has 1 nitrogen and oxygen atoms in total. The number of carbonyl (C=O) groups excluding carboxylic acids is 1. The van der Waals surface area contributed by atoms with Crippen molar-refractivity contribution in [2.24, 2.45) is 0 Å². The molecule has 1 aromatic carbocycles. The summed E-state index contributed by atoms with van der Waals surface area (Å²) in [5.41, 5.74) is 0. The van der Waals surface area contributed by atoms with Crippen LogP contribution in [0, 0.1) is 0 Å². The Kier molecular flexibility index (Phi) is 10.3. The molecule has 0 saturated carbocycles. The zero-order valence-electron chi connectivity index (χ0n) is 11.9. The van der Waals surface area contributed by atoms with E-state index >= 15 is 0 Å². The number of hydrogen-bond acceptors (Lipinski definition) is 1. The number of rotatable bonds is 1. The third-order valence-corrected chi connectivity index (χ3v) is 3.71. The Balaban J connectivity index is -0.0000000635. The van der Waals surface area contributed by atoms with E-state index in [9.17, 15) is 0 Å². The molecular formula is C10H18Cl2OPRu. The average molecular weight is 357 g/mol. The van der Waals surface area contributed by atoms with Crippen molar-refractivity contribution in [2.45, 2.75) is 0 Å². The molecule has 1 radical (unpaired) electrons. The molecule has 0 aliphatic carbocycles. The number of carbonyl (C=O) groups is 1. The van der Waals surface area contributed by atoms with Gasteiger partial charge in [-0.3, -0.25) is 4.79 Å². The third kappa shape index (κ3) is 10.8. The van der Waals surface area contributed by atoms with E-state index in [4.69, 9.17) is 4.79 Å². The fourth-order valence-electron chi connectivity index (χ4n) is 0.938. The quantitative estimate of drug-likeness (QED) is 0.424.